The standard InChI is InChI=1S/C19H19ClN2O2/c1-14-13-17(10-11-18(14)20)24-15(2)19(23)22-21-12-6-9-16-7-4-3-5-8-16/h3-13,15H,1-2H3,(H,22,23)/b9-6+,21-12-/t15-/m1/s1. The number of allylic oxidation sites excluding steroid dienone is 1. The van der Waals surface area contributed by atoms with E-state index in [1.807, 2.05) is 43.3 Å². The van der Waals surface area contributed by atoms with Crippen molar-refractivity contribution in [2.45, 2.75) is 20.0 Å². The molecule has 1 amide bonds. The van der Waals surface area contributed by atoms with Gasteiger partial charge in [-0.25, -0.2) is 5.43 Å². The number of carbonyl (C=O) groups excluding carboxylic acids is 1. The number of halogens is 1. The number of amides is 1. The summed E-state index contributed by atoms with van der Waals surface area (Å²) in [5.41, 5.74) is 4.40. The van der Waals surface area contributed by atoms with E-state index in [0.717, 1.165) is 11.1 Å². The number of aryl methyl sites for hydroxylation is 1. The summed E-state index contributed by atoms with van der Waals surface area (Å²) in [5, 5.41) is 4.53. The minimum Gasteiger partial charge on any atom is -0.481 e. The monoisotopic (exact) mass is 342 g/mol. The van der Waals surface area contributed by atoms with Gasteiger partial charge in [-0.3, -0.25) is 4.79 Å². The fourth-order valence-corrected chi connectivity index (χ4v) is 2.02. The molecule has 0 radical (unpaired) electrons. The molecule has 1 N–H and O–H groups in total. The highest BCUT2D eigenvalue weighted by Crippen LogP contribution is 2.21. The van der Waals surface area contributed by atoms with Gasteiger partial charge in [0.25, 0.3) is 5.91 Å². The molecule has 0 aromatic heterocycles. The van der Waals surface area contributed by atoms with Crippen LogP contribution in [0.4, 0.5) is 0 Å². The van der Waals surface area contributed by atoms with E-state index in [9.17, 15) is 4.79 Å². The molecule has 0 saturated carbocycles. The Balaban J connectivity index is 1.82. The highest BCUT2D eigenvalue weighted by atomic mass is 35.5. The molecular weight excluding hydrogens is 324 g/mol. The third-order valence-corrected chi connectivity index (χ3v) is 3.66. The van der Waals surface area contributed by atoms with Crippen molar-refractivity contribution in [1.82, 2.24) is 5.43 Å². The Labute approximate surface area is 146 Å². The lowest BCUT2D eigenvalue weighted by Crippen LogP contribution is -2.33. The predicted molar refractivity (Wildman–Crippen MR) is 98.4 cm³/mol. The molecule has 0 aliphatic rings. The first kappa shape index (κ1) is 17.8. The Hall–Kier alpha value is -2.59. The van der Waals surface area contributed by atoms with Crippen molar-refractivity contribution in [1.29, 1.82) is 0 Å². The lowest BCUT2D eigenvalue weighted by molar-refractivity contribution is -0.127. The Bertz CT molecular complexity index is 742. The molecule has 0 heterocycles. The van der Waals surface area contributed by atoms with E-state index in [1.54, 1.807) is 31.2 Å². The van der Waals surface area contributed by atoms with Gasteiger partial charge in [-0.2, -0.15) is 5.10 Å². The number of nitrogens with zero attached hydrogens (tertiary/aromatic N) is 1. The number of hydrazone groups is 1. The van der Waals surface area contributed by atoms with Crippen LogP contribution in [0.2, 0.25) is 5.02 Å². The second-order valence-electron chi connectivity index (χ2n) is 5.20. The Morgan fingerprint density at radius 2 is 2.00 bits per heavy atom. The van der Waals surface area contributed by atoms with Gasteiger partial charge in [0.15, 0.2) is 6.10 Å². The summed E-state index contributed by atoms with van der Waals surface area (Å²) in [6, 6.07) is 15.1. The van der Waals surface area contributed by atoms with Gasteiger partial charge in [0.05, 0.1) is 0 Å². The third-order valence-electron chi connectivity index (χ3n) is 3.24. The second-order valence-corrected chi connectivity index (χ2v) is 5.60. The molecule has 0 bridgehead atoms. The number of ether oxygens (including phenoxy) is 1. The summed E-state index contributed by atoms with van der Waals surface area (Å²) in [7, 11) is 0. The summed E-state index contributed by atoms with van der Waals surface area (Å²) >= 11 is 5.96. The van der Waals surface area contributed by atoms with Gasteiger partial charge in [0.1, 0.15) is 5.75 Å². The zero-order chi connectivity index (χ0) is 17.4. The zero-order valence-electron chi connectivity index (χ0n) is 13.6. The van der Waals surface area contributed by atoms with Crippen LogP contribution in [0.1, 0.15) is 18.1 Å². The van der Waals surface area contributed by atoms with E-state index in [4.69, 9.17) is 16.3 Å². The normalized spacial score (nSPS) is 12.5. The van der Waals surface area contributed by atoms with E-state index in [0.29, 0.717) is 10.8 Å². The first-order valence-electron chi connectivity index (χ1n) is 7.53. The Morgan fingerprint density at radius 3 is 2.71 bits per heavy atom. The Kier molecular flexibility index (Phi) is 6.58. The fourth-order valence-electron chi connectivity index (χ4n) is 1.90. The van der Waals surface area contributed by atoms with Gasteiger partial charge in [-0.05, 0) is 49.2 Å². The molecule has 5 heteroatoms. The molecule has 2 aromatic carbocycles. The molecule has 1 atom stereocenters. The molecule has 0 unspecified atom stereocenters. The maximum Gasteiger partial charge on any atom is 0.280 e. The van der Waals surface area contributed by atoms with Gasteiger partial charge in [-0.1, -0.05) is 48.0 Å². The van der Waals surface area contributed by atoms with Gasteiger partial charge in [0, 0.05) is 11.2 Å². The number of benzene rings is 2. The predicted octanol–water partition coefficient (Wildman–Crippen LogP) is 4.23. The number of rotatable bonds is 6. The average molecular weight is 343 g/mol. The van der Waals surface area contributed by atoms with E-state index in [-0.39, 0.29) is 5.91 Å². The molecule has 24 heavy (non-hydrogen) atoms. The lowest BCUT2D eigenvalue weighted by Gasteiger charge is -2.13. The maximum absolute atomic E-state index is 11.9. The van der Waals surface area contributed by atoms with Crippen LogP contribution in [0.5, 0.6) is 5.75 Å². The SMILES string of the molecule is Cc1cc(O[C@H](C)C(=O)N/N=C\C=C\c2ccccc2)ccc1Cl. The van der Waals surface area contributed by atoms with Gasteiger partial charge < -0.3 is 4.74 Å². The zero-order valence-corrected chi connectivity index (χ0v) is 14.3. The van der Waals surface area contributed by atoms with Gasteiger partial charge in [-0.15, -0.1) is 0 Å². The molecule has 2 aromatic rings. The number of hydrogen-bond acceptors (Lipinski definition) is 3. The molecule has 0 spiro atoms. The van der Waals surface area contributed by atoms with Crippen molar-refractivity contribution in [3.05, 3.63) is 70.8 Å². The molecule has 0 fully saturated rings. The van der Waals surface area contributed by atoms with Crippen LogP contribution in [0.3, 0.4) is 0 Å². The van der Waals surface area contributed by atoms with Crippen molar-refractivity contribution < 1.29 is 9.53 Å². The molecule has 124 valence electrons. The van der Waals surface area contributed by atoms with Crippen molar-refractivity contribution in [2.75, 3.05) is 0 Å². The summed E-state index contributed by atoms with van der Waals surface area (Å²) in [4.78, 5) is 11.9. The summed E-state index contributed by atoms with van der Waals surface area (Å²) in [5.74, 6) is 0.263. The molecule has 4 nitrogen and oxygen atoms in total. The Morgan fingerprint density at radius 1 is 1.25 bits per heavy atom. The van der Waals surface area contributed by atoms with E-state index in [2.05, 4.69) is 10.5 Å². The minimum atomic E-state index is -0.666. The van der Waals surface area contributed by atoms with E-state index < -0.39 is 6.10 Å². The van der Waals surface area contributed by atoms with Crippen LogP contribution in [-0.2, 0) is 4.79 Å². The smallest absolute Gasteiger partial charge is 0.280 e. The van der Waals surface area contributed by atoms with Crippen molar-refractivity contribution in [3.8, 4) is 5.75 Å². The van der Waals surface area contributed by atoms with Crippen molar-refractivity contribution in [2.24, 2.45) is 5.10 Å². The summed E-state index contributed by atoms with van der Waals surface area (Å²) in [6.45, 7) is 3.54. The van der Waals surface area contributed by atoms with E-state index in [1.165, 1.54) is 6.21 Å². The quantitative estimate of drug-likeness (QED) is 0.631. The van der Waals surface area contributed by atoms with Crippen LogP contribution >= 0.6 is 11.6 Å². The average Bonchev–Trinajstić information content (AvgIpc) is 2.58. The highest BCUT2D eigenvalue weighted by molar-refractivity contribution is 6.31. The number of hydrogen-bond donors (Lipinski definition) is 1. The van der Waals surface area contributed by atoms with E-state index >= 15 is 0 Å². The van der Waals surface area contributed by atoms with Gasteiger partial charge in [0.2, 0.25) is 0 Å². The summed E-state index contributed by atoms with van der Waals surface area (Å²) < 4.78 is 5.58. The molecular formula is C19H19ClN2O2. The lowest BCUT2D eigenvalue weighted by atomic mass is 10.2. The molecule has 0 saturated heterocycles. The van der Waals surface area contributed by atoms with Crippen LogP contribution in [0.15, 0.2) is 59.7 Å². The fraction of sp³-hybridized carbons (Fsp3) is 0.158. The molecule has 2 rings (SSSR count). The molecule has 0 aliphatic heterocycles. The maximum atomic E-state index is 11.9. The van der Waals surface area contributed by atoms with Crippen molar-refractivity contribution in [3.63, 3.8) is 0 Å². The van der Waals surface area contributed by atoms with Crippen LogP contribution < -0.4 is 10.2 Å². The first-order valence-corrected chi connectivity index (χ1v) is 7.91. The highest BCUT2D eigenvalue weighted by Gasteiger charge is 2.14. The second kappa shape index (κ2) is 8.89. The topological polar surface area (TPSA) is 50.7 Å². The van der Waals surface area contributed by atoms with Crippen LogP contribution in [-0.4, -0.2) is 18.2 Å². The third kappa shape index (κ3) is 5.56. The molecule has 0 aliphatic carbocycles. The minimum absolute atomic E-state index is 0.327. The van der Waals surface area contributed by atoms with Gasteiger partial charge >= 0.3 is 0 Å². The van der Waals surface area contributed by atoms with Crippen molar-refractivity contribution >= 4 is 29.8 Å². The summed E-state index contributed by atoms with van der Waals surface area (Å²) in [6.07, 6.45) is 4.50. The largest absolute Gasteiger partial charge is 0.481 e. The van der Waals surface area contributed by atoms with Crippen LogP contribution in [0.25, 0.3) is 6.08 Å². The first-order chi connectivity index (χ1) is 11.6. The number of carbonyl (C=O) groups is 1. The number of nitrogens with one attached hydrogen (secondary N) is 1. The van der Waals surface area contributed by atoms with Crippen LogP contribution in [0, 0.1) is 6.92 Å².